The molecule has 1 saturated heterocycles. The van der Waals surface area contributed by atoms with Crippen LogP contribution in [0.3, 0.4) is 0 Å². The molecule has 0 aliphatic carbocycles. The van der Waals surface area contributed by atoms with Crippen molar-refractivity contribution < 1.29 is 13.9 Å². The van der Waals surface area contributed by atoms with Gasteiger partial charge in [0.2, 0.25) is 5.91 Å². The largest absolute Gasteiger partial charge is 0.484 e. The van der Waals surface area contributed by atoms with Gasteiger partial charge in [0.25, 0.3) is 0 Å². The normalized spacial score (nSPS) is 17.5. The molecule has 0 spiro atoms. The molecule has 2 heterocycles. The van der Waals surface area contributed by atoms with Gasteiger partial charge in [0.15, 0.2) is 11.6 Å². The zero-order valence-corrected chi connectivity index (χ0v) is 13.1. The van der Waals surface area contributed by atoms with E-state index in [1.54, 1.807) is 18.2 Å². The molecule has 0 radical (unpaired) electrons. The summed E-state index contributed by atoms with van der Waals surface area (Å²) in [4.78, 5) is 13.6. The number of benzene rings is 1. The van der Waals surface area contributed by atoms with Crippen molar-refractivity contribution in [1.29, 1.82) is 0 Å². The van der Waals surface area contributed by atoms with Crippen LogP contribution in [0.2, 0.25) is 0 Å². The number of aromatic nitrogens is 2. The van der Waals surface area contributed by atoms with Gasteiger partial charge in [-0.2, -0.15) is 5.10 Å². The van der Waals surface area contributed by atoms with Crippen molar-refractivity contribution >= 4 is 5.91 Å². The third-order valence-corrected chi connectivity index (χ3v) is 4.13. The number of likely N-dealkylation sites (tertiary alicyclic amines) is 1. The predicted octanol–water partition coefficient (Wildman–Crippen LogP) is 2.85. The molecule has 1 aromatic heterocycles. The molecule has 0 unspecified atom stereocenters. The number of amides is 1. The van der Waals surface area contributed by atoms with Crippen LogP contribution in [0, 0.1) is 5.82 Å². The third-order valence-electron chi connectivity index (χ3n) is 4.13. The number of halogens is 1. The Morgan fingerprint density at radius 2 is 2.30 bits per heavy atom. The Bertz CT molecular complexity index is 686. The van der Waals surface area contributed by atoms with Crippen LogP contribution in [0.4, 0.5) is 4.39 Å². The van der Waals surface area contributed by atoms with E-state index in [9.17, 15) is 9.18 Å². The quantitative estimate of drug-likeness (QED) is 0.922. The highest BCUT2D eigenvalue weighted by atomic mass is 19.1. The Morgan fingerprint density at radius 1 is 1.48 bits per heavy atom. The minimum atomic E-state index is -0.378. The number of rotatable bonds is 5. The molecule has 1 atom stereocenters. The number of ether oxygens (including phenoxy) is 1. The maximum atomic E-state index is 13.5. The van der Waals surface area contributed by atoms with E-state index in [0.29, 0.717) is 13.0 Å². The van der Waals surface area contributed by atoms with Crippen molar-refractivity contribution in [3.63, 3.8) is 0 Å². The third kappa shape index (κ3) is 3.52. The molecule has 1 aromatic carbocycles. The van der Waals surface area contributed by atoms with Gasteiger partial charge in [0.1, 0.15) is 6.61 Å². The molecule has 0 bridgehead atoms. The van der Waals surface area contributed by atoms with Crippen LogP contribution < -0.4 is 4.74 Å². The zero-order chi connectivity index (χ0) is 16.2. The van der Waals surface area contributed by atoms with Gasteiger partial charge in [0.05, 0.1) is 11.4 Å². The zero-order valence-electron chi connectivity index (χ0n) is 13.1. The van der Waals surface area contributed by atoms with Crippen molar-refractivity contribution in [3.8, 4) is 5.75 Å². The Morgan fingerprint density at radius 3 is 3.09 bits per heavy atom. The van der Waals surface area contributed by atoms with E-state index >= 15 is 0 Å². The number of para-hydroxylation sites is 1. The van der Waals surface area contributed by atoms with E-state index in [4.69, 9.17) is 4.74 Å². The highest BCUT2D eigenvalue weighted by Gasteiger charge is 2.28. The lowest BCUT2D eigenvalue weighted by molar-refractivity contribution is -0.129. The monoisotopic (exact) mass is 317 g/mol. The minimum Gasteiger partial charge on any atom is -0.484 e. The number of hydrogen-bond donors (Lipinski definition) is 1. The van der Waals surface area contributed by atoms with Gasteiger partial charge in [-0.15, -0.1) is 0 Å². The Balaban J connectivity index is 1.58. The molecule has 2 aromatic rings. The van der Waals surface area contributed by atoms with E-state index in [0.717, 1.165) is 24.4 Å². The van der Waals surface area contributed by atoms with Crippen LogP contribution >= 0.6 is 0 Å². The van der Waals surface area contributed by atoms with Gasteiger partial charge in [-0.05, 0) is 24.6 Å². The molecule has 1 aliphatic rings. The van der Waals surface area contributed by atoms with E-state index in [1.165, 1.54) is 6.07 Å². The lowest BCUT2D eigenvalue weighted by Crippen LogP contribution is -2.27. The highest BCUT2D eigenvalue weighted by molar-refractivity contribution is 5.76. The summed E-state index contributed by atoms with van der Waals surface area (Å²) in [5.74, 6) is 0.288. The average molecular weight is 317 g/mol. The maximum Gasteiger partial charge on any atom is 0.222 e. The Kier molecular flexibility index (Phi) is 4.60. The summed E-state index contributed by atoms with van der Waals surface area (Å²) in [5.41, 5.74) is 1.73. The number of nitrogens with one attached hydrogen (secondary N) is 1. The Labute approximate surface area is 134 Å². The summed E-state index contributed by atoms with van der Waals surface area (Å²) >= 11 is 0. The molecule has 3 rings (SSSR count). The van der Waals surface area contributed by atoms with E-state index in [1.807, 2.05) is 17.9 Å². The maximum absolute atomic E-state index is 13.5. The number of aromatic amines is 1. The van der Waals surface area contributed by atoms with E-state index in [-0.39, 0.29) is 30.0 Å². The average Bonchev–Trinajstić information content (AvgIpc) is 3.22. The van der Waals surface area contributed by atoms with Crippen molar-refractivity contribution in [2.24, 2.45) is 0 Å². The molecule has 0 saturated carbocycles. The highest BCUT2D eigenvalue weighted by Crippen LogP contribution is 2.27. The summed E-state index contributed by atoms with van der Waals surface area (Å²) in [5, 5.41) is 7.25. The van der Waals surface area contributed by atoms with Gasteiger partial charge < -0.3 is 9.64 Å². The van der Waals surface area contributed by atoms with Crippen LogP contribution in [-0.2, 0) is 11.4 Å². The molecular formula is C17H20FN3O2. The first-order chi connectivity index (χ1) is 11.2. The van der Waals surface area contributed by atoms with Crippen LogP contribution in [0.5, 0.6) is 5.75 Å². The first-order valence-electron chi connectivity index (χ1n) is 7.86. The van der Waals surface area contributed by atoms with Crippen LogP contribution in [0.1, 0.15) is 37.1 Å². The molecule has 23 heavy (non-hydrogen) atoms. The fraction of sp³-hybridized carbons (Fsp3) is 0.412. The second-order valence-corrected chi connectivity index (χ2v) is 5.72. The summed E-state index contributed by atoms with van der Waals surface area (Å²) in [6, 6.07) is 8.25. The number of nitrogens with zero attached hydrogens (tertiary/aromatic N) is 2. The smallest absolute Gasteiger partial charge is 0.222 e. The summed E-state index contributed by atoms with van der Waals surface area (Å²) in [6.07, 6.45) is 1.46. The van der Waals surface area contributed by atoms with Crippen molar-refractivity contribution in [2.45, 2.75) is 32.3 Å². The minimum absolute atomic E-state index is 0.186. The first-order valence-corrected chi connectivity index (χ1v) is 7.86. The second-order valence-electron chi connectivity index (χ2n) is 5.72. The summed E-state index contributed by atoms with van der Waals surface area (Å²) in [6.45, 7) is 3.61. The van der Waals surface area contributed by atoms with Gasteiger partial charge in [-0.1, -0.05) is 19.1 Å². The molecule has 5 nitrogen and oxygen atoms in total. The predicted molar refractivity (Wildman–Crippen MR) is 83.5 cm³/mol. The van der Waals surface area contributed by atoms with Crippen molar-refractivity contribution in [3.05, 3.63) is 47.5 Å². The van der Waals surface area contributed by atoms with Crippen LogP contribution in [0.15, 0.2) is 30.3 Å². The van der Waals surface area contributed by atoms with Gasteiger partial charge in [-0.25, -0.2) is 4.39 Å². The van der Waals surface area contributed by atoms with Crippen LogP contribution in [-0.4, -0.2) is 34.1 Å². The lowest BCUT2D eigenvalue weighted by Gasteiger charge is -2.14. The number of carbonyl (C=O) groups excluding carboxylic acids is 1. The number of H-pyrrole nitrogens is 1. The summed E-state index contributed by atoms with van der Waals surface area (Å²) in [7, 11) is 0. The van der Waals surface area contributed by atoms with Crippen molar-refractivity contribution in [2.75, 3.05) is 13.1 Å². The molecule has 1 aliphatic heterocycles. The van der Waals surface area contributed by atoms with Gasteiger partial charge in [0, 0.05) is 25.4 Å². The fourth-order valence-electron chi connectivity index (χ4n) is 2.83. The van der Waals surface area contributed by atoms with Crippen molar-refractivity contribution in [1.82, 2.24) is 15.1 Å². The first kappa shape index (κ1) is 15.5. The van der Waals surface area contributed by atoms with Gasteiger partial charge >= 0.3 is 0 Å². The lowest BCUT2D eigenvalue weighted by atomic mass is 10.1. The second kappa shape index (κ2) is 6.81. The molecule has 122 valence electrons. The molecule has 1 amide bonds. The molecule has 1 N–H and O–H groups in total. The number of hydrogen-bond acceptors (Lipinski definition) is 3. The molecular weight excluding hydrogens is 297 g/mol. The Hall–Kier alpha value is -2.37. The molecule has 6 heteroatoms. The standard InChI is InChI=1S/C17H20FN3O2/c1-2-17(22)21-8-7-12(10-21)15-9-13(19-20-15)11-23-16-6-4-3-5-14(16)18/h3-6,9,12H,2,7-8,10-11H2,1H3,(H,19,20)/t12-/m0/s1. The SMILES string of the molecule is CCC(=O)N1CC[C@H](c2cc(COc3ccccc3F)[nH]n2)C1. The summed E-state index contributed by atoms with van der Waals surface area (Å²) < 4.78 is 19.0. The van der Waals surface area contributed by atoms with Crippen LogP contribution in [0.25, 0.3) is 0 Å². The van der Waals surface area contributed by atoms with E-state index in [2.05, 4.69) is 10.2 Å². The fourth-order valence-corrected chi connectivity index (χ4v) is 2.83. The topological polar surface area (TPSA) is 58.2 Å². The number of carbonyl (C=O) groups is 1. The van der Waals surface area contributed by atoms with Gasteiger partial charge in [-0.3, -0.25) is 9.89 Å². The molecule has 1 fully saturated rings. The van der Waals surface area contributed by atoms with E-state index < -0.39 is 0 Å².